The van der Waals surface area contributed by atoms with E-state index in [1.165, 1.54) is 0 Å². The summed E-state index contributed by atoms with van der Waals surface area (Å²) < 4.78 is 6.45. The Kier molecular flexibility index (Phi) is 5.47. The van der Waals surface area contributed by atoms with E-state index in [0.29, 0.717) is 25.2 Å². The molecule has 6 heteroatoms. The van der Waals surface area contributed by atoms with Crippen molar-refractivity contribution in [3.8, 4) is 0 Å². The van der Waals surface area contributed by atoms with E-state index in [0.717, 1.165) is 15.2 Å². The zero-order valence-electron chi connectivity index (χ0n) is 16.2. The number of benzene rings is 2. The van der Waals surface area contributed by atoms with Crippen molar-refractivity contribution in [1.82, 2.24) is 9.80 Å². The second-order valence-electron chi connectivity index (χ2n) is 7.91. The van der Waals surface area contributed by atoms with Gasteiger partial charge in [0.1, 0.15) is 5.60 Å². The van der Waals surface area contributed by atoms with Gasteiger partial charge in [0.05, 0.1) is 0 Å². The van der Waals surface area contributed by atoms with Crippen LogP contribution in [0.2, 0.25) is 0 Å². The molecule has 2 aromatic rings. The summed E-state index contributed by atoms with van der Waals surface area (Å²) in [4.78, 5) is 29.1. The third-order valence-corrected chi connectivity index (χ3v) is 5.33. The molecule has 27 heavy (non-hydrogen) atoms. The van der Waals surface area contributed by atoms with Crippen LogP contribution >= 0.6 is 15.9 Å². The van der Waals surface area contributed by atoms with Crippen LogP contribution < -0.4 is 0 Å². The summed E-state index contributed by atoms with van der Waals surface area (Å²) in [5.41, 5.74) is 0.159. The van der Waals surface area contributed by atoms with E-state index in [-0.39, 0.29) is 18.0 Å². The highest BCUT2D eigenvalue weighted by molar-refractivity contribution is 9.10. The lowest BCUT2D eigenvalue weighted by Gasteiger charge is -2.40. The van der Waals surface area contributed by atoms with E-state index >= 15 is 0 Å². The largest absolute Gasteiger partial charge is 0.444 e. The van der Waals surface area contributed by atoms with Crippen LogP contribution in [0.15, 0.2) is 40.9 Å². The highest BCUT2D eigenvalue weighted by atomic mass is 79.9. The molecule has 1 saturated heterocycles. The summed E-state index contributed by atoms with van der Waals surface area (Å²) in [6.45, 7) is 8.96. The topological polar surface area (TPSA) is 49.9 Å². The summed E-state index contributed by atoms with van der Waals surface area (Å²) in [5.74, 6) is -0.00520. The van der Waals surface area contributed by atoms with Gasteiger partial charge in [-0.2, -0.15) is 0 Å². The lowest BCUT2D eigenvalue weighted by atomic mass is 10.0. The van der Waals surface area contributed by atoms with Crippen LogP contribution in [0.25, 0.3) is 10.8 Å². The highest BCUT2D eigenvalue weighted by Crippen LogP contribution is 2.27. The van der Waals surface area contributed by atoms with E-state index in [2.05, 4.69) is 15.9 Å². The molecule has 5 nitrogen and oxygen atoms in total. The maximum atomic E-state index is 13.2. The maximum Gasteiger partial charge on any atom is 0.410 e. The van der Waals surface area contributed by atoms with Gasteiger partial charge in [-0.05, 0) is 50.6 Å². The van der Waals surface area contributed by atoms with Gasteiger partial charge in [0, 0.05) is 35.7 Å². The quantitative estimate of drug-likeness (QED) is 0.656. The Bertz CT molecular complexity index is 875. The fraction of sp³-hybridized carbons (Fsp3) is 0.429. The van der Waals surface area contributed by atoms with E-state index in [4.69, 9.17) is 4.74 Å². The van der Waals surface area contributed by atoms with Gasteiger partial charge in [-0.15, -0.1) is 0 Å². The molecule has 2 amide bonds. The normalized spacial score (nSPS) is 17.9. The van der Waals surface area contributed by atoms with Crippen molar-refractivity contribution in [3.63, 3.8) is 0 Å². The third kappa shape index (κ3) is 4.26. The van der Waals surface area contributed by atoms with Crippen LogP contribution in [0, 0.1) is 0 Å². The van der Waals surface area contributed by atoms with Crippen LogP contribution in [-0.4, -0.2) is 53.1 Å². The van der Waals surface area contributed by atoms with Gasteiger partial charge < -0.3 is 14.5 Å². The molecule has 1 aliphatic heterocycles. The predicted octanol–water partition coefficient (Wildman–Crippen LogP) is 4.68. The Labute approximate surface area is 168 Å². The molecule has 0 aliphatic carbocycles. The Morgan fingerprint density at radius 1 is 1.07 bits per heavy atom. The average Bonchev–Trinajstić information content (AvgIpc) is 2.59. The first kappa shape index (κ1) is 19.7. The number of piperazine rings is 1. The van der Waals surface area contributed by atoms with E-state index in [1.807, 2.05) is 69.0 Å². The summed E-state index contributed by atoms with van der Waals surface area (Å²) in [6.07, 6.45) is -0.323. The number of nitrogens with zero attached hydrogens (tertiary/aromatic N) is 2. The SMILES string of the molecule is C[C@@H]1CN(C(=O)c2cccc3c(Br)cccc23)CCN1C(=O)OC(C)(C)C. The van der Waals surface area contributed by atoms with Gasteiger partial charge in [0.2, 0.25) is 0 Å². The minimum Gasteiger partial charge on any atom is -0.444 e. The molecule has 2 aromatic carbocycles. The number of carbonyl (C=O) groups excluding carboxylic acids is 2. The van der Waals surface area contributed by atoms with Crippen LogP contribution in [0.3, 0.4) is 0 Å². The maximum absolute atomic E-state index is 13.2. The predicted molar refractivity (Wildman–Crippen MR) is 110 cm³/mol. The van der Waals surface area contributed by atoms with E-state index < -0.39 is 5.60 Å². The number of hydrogen-bond donors (Lipinski definition) is 0. The molecular formula is C21H25BrN2O3. The van der Waals surface area contributed by atoms with Gasteiger partial charge >= 0.3 is 6.09 Å². The Hall–Kier alpha value is -2.08. The molecule has 3 rings (SSSR count). The second kappa shape index (κ2) is 7.50. The number of fused-ring (bicyclic) bond motifs is 1. The molecule has 0 saturated carbocycles. The summed E-state index contributed by atoms with van der Waals surface area (Å²) >= 11 is 3.55. The lowest BCUT2D eigenvalue weighted by Crippen LogP contribution is -2.56. The van der Waals surface area contributed by atoms with Crippen molar-refractivity contribution >= 4 is 38.7 Å². The molecule has 1 aliphatic rings. The van der Waals surface area contributed by atoms with Gasteiger partial charge in [-0.25, -0.2) is 4.79 Å². The standard InChI is InChI=1S/C21H25BrN2O3/c1-14-13-23(11-12-24(14)20(26)27-21(2,3)4)19(25)17-9-5-8-16-15(17)7-6-10-18(16)22/h5-10,14H,11-13H2,1-4H3/t14-/m1/s1. The molecule has 0 radical (unpaired) electrons. The van der Waals surface area contributed by atoms with Gasteiger partial charge in [0.25, 0.3) is 5.91 Å². The number of halogens is 1. The Morgan fingerprint density at radius 2 is 1.74 bits per heavy atom. The molecule has 0 aromatic heterocycles. The fourth-order valence-corrected chi connectivity index (χ4v) is 3.86. The van der Waals surface area contributed by atoms with E-state index in [9.17, 15) is 9.59 Å². The molecule has 0 spiro atoms. The van der Waals surface area contributed by atoms with Gasteiger partial charge in [-0.1, -0.05) is 40.2 Å². The van der Waals surface area contributed by atoms with Crippen LogP contribution in [0.4, 0.5) is 4.79 Å². The lowest BCUT2D eigenvalue weighted by molar-refractivity contribution is 0.00201. The highest BCUT2D eigenvalue weighted by Gasteiger charge is 2.33. The van der Waals surface area contributed by atoms with Crippen LogP contribution in [0.5, 0.6) is 0 Å². The van der Waals surface area contributed by atoms with Crippen molar-refractivity contribution < 1.29 is 14.3 Å². The average molecular weight is 433 g/mol. The van der Waals surface area contributed by atoms with Crippen molar-refractivity contribution in [2.75, 3.05) is 19.6 Å². The summed E-state index contributed by atoms with van der Waals surface area (Å²) in [7, 11) is 0. The Morgan fingerprint density at radius 3 is 2.41 bits per heavy atom. The monoisotopic (exact) mass is 432 g/mol. The number of ether oxygens (including phenoxy) is 1. The second-order valence-corrected chi connectivity index (χ2v) is 8.77. The molecule has 1 atom stereocenters. The zero-order chi connectivity index (χ0) is 19.8. The Balaban J connectivity index is 1.77. The first-order valence-corrected chi connectivity index (χ1v) is 9.93. The van der Waals surface area contributed by atoms with E-state index in [1.54, 1.807) is 4.90 Å². The molecule has 1 fully saturated rings. The van der Waals surface area contributed by atoms with Crippen molar-refractivity contribution in [2.24, 2.45) is 0 Å². The zero-order valence-corrected chi connectivity index (χ0v) is 17.7. The van der Waals surface area contributed by atoms with Crippen LogP contribution in [-0.2, 0) is 4.74 Å². The third-order valence-electron chi connectivity index (χ3n) is 4.64. The minimum absolute atomic E-state index is 0.00520. The van der Waals surface area contributed by atoms with Crippen molar-refractivity contribution in [3.05, 3.63) is 46.4 Å². The number of hydrogen-bond acceptors (Lipinski definition) is 3. The number of carbonyl (C=O) groups is 2. The summed E-state index contributed by atoms with van der Waals surface area (Å²) in [5, 5.41) is 1.95. The first-order valence-electron chi connectivity index (χ1n) is 9.13. The number of rotatable bonds is 1. The van der Waals surface area contributed by atoms with Crippen molar-refractivity contribution in [2.45, 2.75) is 39.3 Å². The molecular weight excluding hydrogens is 408 g/mol. The molecule has 0 bridgehead atoms. The van der Waals surface area contributed by atoms with Crippen molar-refractivity contribution in [1.29, 1.82) is 0 Å². The number of amides is 2. The fourth-order valence-electron chi connectivity index (χ4n) is 3.36. The minimum atomic E-state index is -0.528. The molecule has 0 N–H and O–H groups in total. The summed E-state index contributed by atoms with van der Waals surface area (Å²) in [6, 6.07) is 11.5. The smallest absolute Gasteiger partial charge is 0.410 e. The van der Waals surface area contributed by atoms with Gasteiger partial charge in [0.15, 0.2) is 0 Å². The van der Waals surface area contributed by atoms with Crippen LogP contribution in [0.1, 0.15) is 38.1 Å². The molecule has 0 unspecified atom stereocenters. The molecule has 1 heterocycles. The molecule has 144 valence electrons. The van der Waals surface area contributed by atoms with Gasteiger partial charge in [-0.3, -0.25) is 4.79 Å². The first-order chi connectivity index (χ1) is 12.7.